The molecule has 14 heteroatoms. The zero-order valence-electron chi connectivity index (χ0n) is 21.7. The van der Waals surface area contributed by atoms with Gasteiger partial charge >= 0.3 is 26.2 Å². The molecule has 1 saturated heterocycles. The number of rotatable bonds is 10. The lowest BCUT2D eigenvalue weighted by atomic mass is 9.98. The molecule has 2 atom stereocenters. The SMILES string of the molecule is C#CC1(n2cc(F)c(N)nc2=O)CCC(COP(OCOC(=O)C(C)(C)C)OCOC(=O)C(C)(C)C)O1. The summed E-state index contributed by atoms with van der Waals surface area (Å²) in [7, 11) is -2.16. The van der Waals surface area contributed by atoms with Gasteiger partial charge in [-0.1, -0.05) is 0 Å². The molecule has 2 unspecified atom stereocenters. The van der Waals surface area contributed by atoms with Crippen molar-refractivity contribution in [2.45, 2.75) is 66.2 Å². The molecule has 2 N–H and O–H groups in total. The van der Waals surface area contributed by atoms with Crippen LogP contribution in [-0.4, -0.2) is 47.8 Å². The lowest BCUT2D eigenvalue weighted by Gasteiger charge is -2.26. The van der Waals surface area contributed by atoms with Crippen LogP contribution in [0.2, 0.25) is 0 Å². The molecule has 1 aromatic heterocycles. The Morgan fingerprint density at radius 1 is 1.19 bits per heavy atom. The second-order valence-corrected chi connectivity index (χ2v) is 11.4. The number of terminal acetylenes is 1. The van der Waals surface area contributed by atoms with Crippen LogP contribution in [0.25, 0.3) is 0 Å². The third-order valence-electron chi connectivity index (χ3n) is 4.98. The number of nitrogens with zero attached hydrogens (tertiary/aromatic N) is 2. The molecule has 0 amide bonds. The number of esters is 2. The minimum Gasteiger partial charge on any atom is -0.438 e. The van der Waals surface area contributed by atoms with Crippen molar-refractivity contribution in [3.8, 4) is 12.3 Å². The molecule has 0 bridgehead atoms. The highest BCUT2D eigenvalue weighted by Crippen LogP contribution is 2.42. The number of halogens is 1. The molecule has 2 rings (SSSR count). The first kappa shape index (κ1) is 30.6. The number of aromatic nitrogens is 2. The number of carbonyl (C=O) groups excluding carboxylic acids is 2. The number of carbonyl (C=O) groups is 2. The first-order valence-corrected chi connectivity index (χ1v) is 12.4. The zero-order valence-corrected chi connectivity index (χ0v) is 22.6. The van der Waals surface area contributed by atoms with Crippen molar-refractivity contribution in [1.29, 1.82) is 0 Å². The van der Waals surface area contributed by atoms with Gasteiger partial charge in [0.05, 0.1) is 29.7 Å². The number of hydrogen-bond acceptors (Lipinski definition) is 11. The Morgan fingerprint density at radius 2 is 1.73 bits per heavy atom. The first-order valence-electron chi connectivity index (χ1n) is 11.3. The smallest absolute Gasteiger partial charge is 0.352 e. The summed E-state index contributed by atoms with van der Waals surface area (Å²) in [5.74, 6) is -0.0939. The fourth-order valence-electron chi connectivity index (χ4n) is 2.86. The Balaban J connectivity index is 2.02. The standard InChI is InChI=1S/C23H33FN3O9P/c1-8-23(27-11-16(24)17(25)26-20(27)30)10-9-15(36-23)12-33-37(34-13-31-18(28)21(2,3)4)35-14-32-19(29)22(5,6)7/h1,11,15H,9-10,12-14H2,2-7H3,(H2,25,26,30). The predicted molar refractivity (Wildman–Crippen MR) is 130 cm³/mol. The van der Waals surface area contributed by atoms with Crippen molar-refractivity contribution < 1.29 is 41.8 Å². The minimum atomic E-state index is -2.16. The molecule has 1 aromatic rings. The van der Waals surface area contributed by atoms with E-state index in [4.69, 9.17) is 39.9 Å². The van der Waals surface area contributed by atoms with Crippen LogP contribution in [0.4, 0.5) is 10.2 Å². The third kappa shape index (κ3) is 8.45. The van der Waals surface area contributed by atoms with Crippen molar-refractivity contribution >= 4 is 26.4 Å². The third-order valence-corrected chi connectivity index (χ3v) is 5.97. The molecular weight excluding hydrogens is 512 g/mol. The van der Waals surface area contributed by atoms with Crippen LogP contribution in [-0.2, 0) is 43.1 Å². The molecule has 2 heterocycles. The molecule has 0 aromatic carbocycles. The van der Waals surface area contributed by atoms with Gasteiger partial charge in [0, 0.05) is 6.42 Å². The van der Waals surface area contributed by atoms with E-state index >= 15 is 0 Å². The molecule has 0 aliphatic carbocycles. The van der Waals surface area contributed by atoms with E-state index in [0.717, 1.165) is 10.8 Å². The monoisotopic (exact) mass is 545 g/mol. The van der Waals surface area contributed by atoms with Gasteiger partial charge in [0.2, 0.25) is 19.3 Å². The summed E-state index contributed by atoms with van der Waals surface area (Å²) in [4.78, 5) is 39.7. The van der Waals surface area contributed by atoms with Crippen LogP contribution in [0.1, 0.15) is 54.4 Å². The average Bonchev–Trinajstić information content (AvgIpc) is 3.22. The van der Waals surface area contributed by atoms with Crippen molar-refractivity contribution in [1.82, 2.24) is 9.55 Å². The second kappa shape index (κ2) is 12.3. The molecule has 0 saturated carbocycles. The number of anilines is 1. The number of hydrogen-bond donors (Lipinski definition) is 1. The average molecular weight is 546 g/mol. The van der Waals surface area contributed by atoms with Crippen LogP contribution in [0.5, 0.6) is 0 Å². The van der Waals surface area contributed by atoms with Gasteiger partial charge in [-0.25, -0.2) is 9.18 Å². The Morgan fingerprint density at radius 3 is 2.22 bits per heavy atom. The van der Waals surface area contributed by atoms with E-state index in [2.05, 4.69) is 10.9 Å². The lowest BCUT2D eigenvalue weighted by Crippen LogP contribution is -2.42. The summed E-state index contributed by atoms with van der Waals surface area (Å²) < 4.78 is 47.3. The first-order chi connectivity index (χ1) is 17.1. The van der Waals surface area contributed by atoms with Gasteiger partial charge in [0.1, 0.15) is 0 Å². The van der Waals surface area contributed by atoms with Crippen molar-refractivity contribution in [2.75, 3.05) is 25.9 Å². The van der Waals surface area contributed by atoms with Crippen molar-refractivity contribution in [3.63, 3.8) is 0 Å². The summed E-state index contributed by atoms with van der Waals surface area (Å²) in [6.45, 7) is 9.02. The molecular formula is C23H33FN3O9P. The highest BCUT2D eigenvalue weighted by Gasteiger charge is 2.42. The summed E-state index contributed by atoms with van der Waals surface area (Å²) in [5.41, 5.74) is 1.38. The number of nitrogen functional groups attached to an aromatic ring is 1. The molecule has 0 radical (unpaired) electrons. The van der Waals surface area contributed by atoms with E-state index < -0.39 is 74.1 Å². The van der Waals surface area contributed by atoms with Crippen molar-refractivity contribution in [2.24, 2.45) is 10.8 Å². The van der Waals surface area contributed by atoms with Gasteiger partial charge < -0.3 is 24.5 Å². The van der Waals surface area contributed by atoms with E-state index in [-0.39, 0.29) is 13.0 Å². The molecule has 37 heavy (non-hydrogen) atoms. The summed E-state index contributed by atoms with van der Waals surface area (Å²) in [5, 5.41) is 0. The van der Waals surface area contributed by atoms with E-state index in [0.29, 0.717) is 6.42 Å². The normalized spacial score (nSPS) is 20.0. The molecule has 0 spiro atoms. The quantitative estimate of drug-likeness (QED) is 0.200. The minimum absolute atomic E-state index is 0.116. The lowest BCUT2D eigenvalue weighted by molar-refractivity contribution is -0.162. The predicted octanol–water partition coefficient (Wildman–Crippen LogP) is 2.80. The van der Waals surface area contributed by atoms with Gasteiger partial charge in [-0.15, -0.1) is 6.42 Å². The van der Waals surface area contributed by atoms with E-state index in [9.17, 15) is 18.8 Å². The zero-order chi connectivity index (χ0) is 28.0. The Hall–Kier alpha value is -2.62. The molecule has 1 aliphatic heterocycles. The Kier molecular flexibility index (Phi) is 10.2. The number of nitrogens with two attached hydrogens (primary N) is 1. The molecule has 1 fully saturated rings. The fraction of sp³-hybridized carbons (Fsp3) is 0.652. The van der Waals surface area contributed by atoms with Crippen LogP contribution in [0.3, 0.4) is 0 Å². The fourth-order valence-corrected chi connectivity index (χ4v) is 3.65. The Labute approximate surface area is 215 Å². The largest absolute Gasteiger partial charge is 0.438 e. The van der Waals surface area contributed by atoms with Gasteiger partial charge in [0.15, 0.2) is 11.6 Å². The van der Waals surface area contributed by atoms with Crippen LogP contribution in [0.15, 0.2) is 11.0 Å². The maximum absolute atomic E-state index is 14.0. The van der Waals surface area contributed by atoms with Gasteiger partial charge in [0.25, 0.3) is 0 Å². The van der Waals surface area contributed by atoms with Crippen molar-refractivity contribution in [3.05, 3.63) is 22.5 Å². The van der Waals surface area contributed by atoms with Crippen LogP contribution < -0.4 is 11.4 Å². The Bertz CT molecular complexity index is 1050. The summed E-state index contributed by atoms with van der Waals surface area (Å²) >= 11 is 0. The second-order valence-electron chi connectivity index (χ2n) is 10.2. The van der Waals surface area contributed by atoms with E-state index in [1.807, 2.05) is 0 Å². The number of ether oxygens (including phenoxy) is 3. The maximum atomic E-state index is 14.0. The molecule has 206 valence electrons. The van der Waals surface area contributed by atoms with Crippen LogP contribution >= 0.6 is 8.60 Å². The van der Waals surface area contributed by atoms with E-state index in [1.165, 1.54) is 0 Å². The molecule has 12 nitrogen and oxygen atoms in total. The van der Waals surface area contributed by atoms with Gasteiger partial charge in [-0.2, -0.15) is 4.98 Å². The van der Waals surface area contributed by atoms with Gasteiger partial charge in [-0.05, 0) is 53.9 Å². The maximum Gasteiger partial charge on any atom is 0.352 e. The van der Waals surface area contributed by atoms with E-state index in [1.54, 1.807) is 41.5 Å². The summed E-state index contributed by atoms with van der Waals surface area (Å²) in [6, 6.07) is 0. The van der Waals surface area contributed by atoms with Gasteiger partial charge in [-0.3, -0.25) is 23.2 Å². The highest BCUT2D eigenvalue weighted by molar-refractivity contribution is 7.41. The van der Waals surface area contributed by atoms with Crippen LogP contribution in [0, 0.1) is 29.0 Å². The topological polar surface area (TPSA) is 150 Å². The molecule has 1 aliphatic rings. The highest BCUT2D eigenvalue weighted by atomic mass is 31.2. The summed E-state index contributed by atoms with van der Waals surface area (Å²) in [6.07, 6.45) is 6.34.